The predicted octanol–water partition coefficient (Wildman–Crippen LogP) is 5.01. The molecule has 1 aromatic carbocycles. The molecule has 19 heavy (non-hydrogen) atoms. The third-order valence-corrected chi connectivity index (χ3v) is 3.00. The lowest BCUT2D eigenvalue weighted by molar-refractivity contribution is 0.457. The van der Waals surface area contributed by atoms with Gasteiger partial charge < -0.3 is 4.74 Å². The van der Waals surface area contributed by atoms with E-state index in [-0.39, 0.29) is 5.92 Å². The van der Waals surface area contributed by atoms with E-state index in [0.29, 0.717) is 27.6 Å². The summed E-state index contributed by atoms with van der Waals surface area (Å²) in [5.74, 6) is 1.77. The Bertz CT molecular complexity index is 600. The first-order valence-electron chi connectivity index (χ1n) is 5.94. The van der Waals surface area contributed by atoms with Gasteiger partial charge in [0.15, 0.2) is 0 Å². The second-order valence-corrected chi connectivity index (χ2v) is 5.37. The van der Waals surface area contributed by atoms with Gasteiger partial charge in [-0.25, -0.2) is 4.98 Å². The van der Waals surface area contributed by atoms with E-state index in [0.717, 1.165) is 5.56 Å². The van der Waals surface area contributed by atoms with Gasteiger partial charge in [0.2, 0.25) is 5.88 Å². The molecule has 0 amide bonds. The molecule has 0 aliphatic heterocycles. The van der Waals surface area contributed by atoms with Crippen molar-refractivity contribution < 1.29 is 4.74 Å². The first kappa shape index (κ1) is 14.1. The van der Waals surface area contributed by atoms with Gasteiger partial charge in [0.05, 0.1) is 5.02 Å². The lowest BCUT2D eigenvalue weighted by atomic mass is 10.2. The minimum absolute atomic E-state index is 0.175. The van der Waals surface area contributed by atoms with Crippen molar-refractivity contribution in [1.82, 2.24) is 9.97 Å². The molecule has 0 N–H and O–H groups in total. The molecule has 1 heterocycles. The molecular formula is C14H14Cl2N2O. The maximum Gasteiger partial charge on any atom is 0.224 e. The van der Waals surface area contributed by atoms with E-state index in [2.05, 4.69) is 9.97 Å². The van der Waals surface area contributed by atoms with Crippen molar-refractivity contribution in [2.24, 2.45) is 0 Å². The van der Waals surface area contributed by atoms with E-state index in [9.17, 15) is 0 Å². The van der Waals surface area contributed by atoms with Crippen molar-refractivity contribution in [1.29, 1.82) is 0 Å². The van der Waals surface area contributed by atoms with Gasteiger partial charge in [-0.15, -0.1) is 0 Å². The standard InChI is InChI=1S/C14H14Cl2N2O/c1-8(2)14-17-12(16)7-13(18-14)19-11-5-4-9(3)6-10(11)15/h4-8H,1-3H3. The summed E-state index contributed by atoms with van der Waals surface area (Å²) in [5, 5.41) is 0.901. The van der Waals surface area contributed by atoms with E-state index in [1.807, 2.05) is 39.0 Å². The number of nitrogens with zero attached hydrogens (tertiary/aromatic N) is 2. The van der Waals surface area contributed by atoms with E-state index in [1.165, 1.54) is 0 Å². The van der Waals surface area contributed by atoms with Crippen LogP contribution in [-0.4, -0.2) is 9.97 Å². The second kappa shape index (κ2) is 5.76. The van der Waals surface area contributed by atoms with Crippen molar-refractivity contribution in [2.75, 3.05) is 0 Å². The van der Waals surface area contributed by atoms with E-state index in [4.69, 9.17) is 27.9 Å². The van der Waals surface area contributed by atoms with Crippen LogP contribution in [0.5, 0.6) is 11.6 Å². The summed E-state index contributed by atoms with van der Waals surface area (Å²) in [6.07, 6.45) is 0. The van der Waals surface area contributed by atoms with Crippen LogP contribution in [0, 0.1) is 6.92 Å². The smallest absolute Gasteiger partial charge is 0.224 e. The van der Waals surface area contributed by atoms with Gasteiger partial charge in [-0.3, -0.25) is 0 Å². The average molecular weight is 297 g/mol. The summed E-state index contributed by atoms with van der Waals surface area (Å²) in [7, 11) is 0. The van der Waals surface area contributed by atoms with Crippen LogP contribution >= 0.6 is 23.2 Å². The van der Waals surface area contributed by atoms with Gasteiger partial charge in [-0.2, -0.15) is 4.98 Å². The minimum atomic E-state index is 0.175. The second-order valence-electron chi connectivity index (χ2n) is 4.58. The van der Waals surface area contributed by atoms with Crippen LogP contribution in [-0.2, 0) is 0 Å². The van der Waals surface area contributed by atoms with Crippen LogP contribution in [0.2, 0.25) is 10.2 Å². The molecule has 0 saturated heterocycles. The fraction of sp³-hybridized carbons (Fsp3) is 0.286. The quantitative estimate of drug-likeness (QED) is 0.747. The summed E-state index contributed by atoms with van der Waals surface area (Å²) in [6.45, 7) is 5.96. The number of hydrogen-bond donors (Lipinski definition) is 0. The molecule has 0 atom stereocenters. The molecule has 0 aliphatic carbocycles. The Balaban J connectivity index is 2.32. The van der Waals surface area contributed by atoms with Gasteiger partial charge >= 0.3 is 0 Å². The first-order valence-corrected chi connectivity index (χ1v) is 6.70. The molecule has 0 aliphatic rings. The van der Waals surface area contributed by atoms with Crippen molar-refractivity contribution >= 4 is 23.2 Å². The number of benzene rings is 1. The third-order valence-electron chi connectivity index (χ3n) is 2.51. The zero-order valence-corrected chi connectivity index (χ0v) is 12.5. The van der Waals surface area contributed by atoms with Crippen LogP contribution in [0.3, 0.4) is 0 Å². The lowest BCUT2D eigenvalue weighted by Crippen LogP contribution is -2.00. The SMILES string of the molecule is Cc1ccc(Oc2cc(Cl)nc(C(C)C)n2)c(Cl)c1. The Kier molecular flexibility index (Phi) is 4.27. The molecule has 1 aromatic heterocycles. The Morgan fingerprint density at radius 2 is 1.84 bits per heavy atom. The lowest BCUT2D eigenvalue weighted by Gasteiger charge is -2.10. The summed E-state index contributed by atoms with van der Waals surface area (Å²) in [5.41, 5.74) is 1.07. The van der Waals surface area contributed by atoms with Gasteiger partial charge in [-0.1, -0.05) is 43.1 Å². The van der Waals surface area contributed by atoms with Crippen LogP contribution in [0.4, 0.5) is 0 Å². The van der Waals surface area contributed by atoms with E-state index < -0.39 is 0 Å². The van der Waals surface area contributed by atoms with Crippen LogP contribution in [0.15, 0.2) is 24.3 Å². The number of aryl methyl sites for hydroxylation is 1. The molecule has 3 nitrogen and oxygen atoms in total. The highest BCUT2D eigenvalue weighted by atomic mass is 35.5. The fourth-order valence-corrected chi connectivity index (χ4v) is 1.98. The Labute approximate surface area is 122 Å². The van der Waals surface area contributed by atoms with Gasteiger partial charge in [0.1, 0.15) is 16.7 Å². The molecular weight excluding hydrogens is 283 g/mol. The van der Waals surface area contributed by atoms with Crippen molar-refractivity contribution in [2.45, 2.75) is 26.7 Å². The van der Waals surface area contributed by atoms with Crippen molar-refractivity contribution in [3.63, 3.8) is 0 Å². The Morgan fingerprint density at radius 3 is 2.47 bits per heavy atom. The number of hydrogen-bond acceptors (Lipinski definition) is 3. The highest BCUT2D eigenvalue weighted by Gasteiger charge is 2.10. The molecule has 0 unspecified atom stereocenters. The van der Waals surface area contributed by atoms with Crippen molar-refractivity contribution in [3.8, 4) is 11.6 Å². The zero-order valence-electron chi connectivity index (χ0n) is 10.9. The molecule has 5 heteroatoms. The first-order chi connectivity index (χ1) is 8.95. The van der Waals surface area contributed by atoms with Crippen molar-refractivity contribution in [3.05, 3.63) is 45.8 Å². The highest BCUT2D eigenvalue weighted by molar-refractivity contribution is 6.32. The molecule has 0 fully saturated rings. The summed E-state index contributed by atoms with van der Waals surface area (Å²) >= 11 is 12.1. The van der Waals surface area contributed by atoms with Crippen LogP contribution in [0.25, 0.3) is 0 Å². The summed E-state index contributed by atoms with van der Waals surface area (Å²) in [4.78, 5) is 8.47. The maximum absolute atomic E-state index is 6.12. The molecule has 2 rings (SSSR count). The molecule has 0 spiro atoms. The van der Waals surface area contributed by atoms with E-state index in [1.54, 1.807) is 6.07 Å². The topological polar surface area (TPSA) is 35.0 Å². The Morgan fingerprint density at radius 1 is 1.11 bits per heavy atom. The number of rotatable bonds is 3. The maximum atomic E-state index is 6.12. The largest absolute Gasteiger partial charge is 0.437 e. The van der Waals surface area contributed by atoms with Gasteiger partial charge in [0.25, 0.3) is 0 Å². The third kappa shape index (κ3) is 3.58. The molecule has 0 bridgehead atoms. The monoisotopic (exact) mass is 296 g/mol. The Hall–Kier alpha value is -1.32. The summed E-state index contributed by atoms with van der Waals surface area (Å²) in [6, 6.07) is 7.14. The van der Waals surface area contributed by atoms with Crippen LogP contribution in [0.1, 0.15) is 31.2 Å². The number of aromatic nitrogens is 2. The molecule has 2 aromatic rings. The minimum Gasteiger partial charge on any atom is -0.437 e. The normalized spacial score (nSPS) is 10.8. The number of ether oxygens (including phenoxy) is 1. The average Bonchev–Trinajstić information content (AvgIpc) is 2.32. The zero-order chi connectivity index (χ0) is 14.0. The highest BCUT2D eigenvalue weighted by Crippen LogP contribution is 2.30. The van der Waals surface area contributed by atoms with Gasteiger partial charge in [-0.05, 0) is 24.6 Å². The fourth-order valence-electron chi connectivity index (χ4n) is 1.53. The molecule has 0 radical (unpaired) electrons. The number of halogens is 2. The van der Waals surface area contributed by atoms with E-state index >= 15 is 0 Å². The van der Waals surface area contributed by atoms with Crippen LogP contribution < -0.4 is 4.74 Å². The molecule has 0 saturated carbocycles. The molecule has 100 valence electrons. The van der Waals surface area contributed by atoms with Gasteiger partial charge in [0, 0.05) is 12.0 Å². The predicted molar refractivity (Wildman–Crippen MR) is 77.4 cm³/mol. The summed E-state index contributed by atoms with van der Waals surface area (Å²) < 4.78 is 5.67.